The second kappa shape index (κ2) is 8.70. The van der Waals surface area contributed by atoms with E-state index in [2.05, 4.69) is 108 Å². The Hall–Kier alpha value is -1.46. The molecule has 0 aliphatic heterocycles. The van der Waals surface area contributed by atoms with E-state index in [1.807, 2.05) is 0 Å². The first-order chi connectivity index (χ1) is 12.3. The molecule has 0 fully saturated rings. The maximum absolute atomic E-state index is 3.52. The number of benzene rings is 2. The van der Waals surface area contributed by atoms with Gasteiger partial charge >= 0.3 is 26.2 Å². The summed E-state index contributed by atoms with van der Waals surface area (Å²) in [4.78, 5) is 0. The standard InChI is InChI=1S/C16H13.C10H15.Zr/c1-12-15-10-6-5-9-14(15)11-16(12)13-7-3-2-4-8-13;1-7-6-10(4,5)9(3)8(7)2;/h2-10,12H,1H3;1-5H3;/q2*-1;+2. The SMILES string of the molecule is CC1=[C-]C(C)(C)C(C)=C1C.CC1C(c2ccccc2)=[C-]c2ccccc21.[Zr+2]. The van der Waals surface area contributed by atoms with Crippen molar-refractivity contribution in [3.05, 3.63) is 100 Å². The van der Waals surface area contributed by atoms with Gasteiger partial charge in [0, 0.05) is 0 Å². The van der Waals surface area contributed by atoms with Gasteiger partial charge in [-0.25, -0.2) is 5.57 Å². The molecule has 2 aromatic carbocycles. The zero-order valence-electron chi connectivity index (χ0n) is 17.3. The van der Waals surface area contributed by atoms with Crippen molar-refractivity contribution < 1.29 is 26.2 Å². The van der Waals surface area contributed by atoms with Crippen molar-refractivity contribution >= 4 is 5.57 Å². The van der Waals surface area contributed by atoms with Crippen LogP contribution >= 0.6 is 0 Å². The summed E-state index contributed by atoms with van der Waals surface area (Å²) in [5.41, 5.74) is 9.62. The minimum Gasteiger partial charge on any atom is -0.263 e. The molecule has 4 rings (SSSR count). The first kappa shape index (κ1) is 21.8. The Bertz CT molecular complexity index is 895. The fourth-order valence-corrected chi connectivity index (χ4v) is 3.74. The molecule has 0 amide bonds. The first-order valence-corrected chi connectivity index (χ1v) is 9.39. The Morgan fingerprint density at radius 1 is 0.852 bits per heavy atom. The number of allylic oxidation sites excluding steroid dienone is 5. The molecule has 2 aromatic rings. The van der Waals surface area contributed by atoms with E-state index in [-0.39, 0.29) is 31.6 Å². The van der Waals surface area contributed by atoms with E-state index in [0.717, 1.165) is 0 Å². The molecule has 0 saturated carbocycles. The molecule has 2 aliphatic rings. The van der Waals surface area contributed by atoms with Crippen molar-refractivity contribution in [3.63, 3.8) is 0 Å². The van der Waals surface area contributed by atoms with Crippen LogP contribution in [-0.2, 0) is 26.2 Å². The van der Waals surface area contributed by atoms with Gasteiger partial charge in [0.15, 0.2) is 0 Å². The fourth-order valence-electron chi connectivity index (χ4n) is 3.74. The average molecular weight is 432 g/mol. The van der Waals surface area contributed by atoms with Crippen LogP contribution in [0.25, 0.3) is 5.57 Å². The van der Waals surface area contributed by atoms with E-state index >= 15 is 0 Å². The number of fused-ring (bicyclic) bond motifs is 1. The van der Waals surface area contributed by atoms with Gasteiger partial charge in [-0.05, 0) is 5.92 Å². The Morgan fingerprint density at radius 3 is 1.93 bits per heavy atom. The molecule has 0 spiro atoms. The molecule has 1 heteroatoms. The maximum Gasteiger partial charge on any atom is 2.00 e. The zero-order valence-corrected chi connectivity index (χ0v) is 19.7. The first-order valence-electron chi connectivity index (χ1n) is 9.39. The van der Waals surface area contributed by atoms with E-state index in [4.69, 9.17) is 0 Å². The van der Waals surface area contributed by atoms with Gasteiger partial charge < -0.3 is 0 Å². The second-order valence-electron chi connectivity index (χ2n) is 7.84. The molecule has 27 heavy (non-hydrogen) atoms. The molecule has 0 saturated heterocycles. The summed E-state index contributed by atoms with van der Waals surface area (Å²) in [7, 11) is 0. The molecule has 1 unspecified atom stereocenters. The molecule has 0 bridgehead atoms. The Labute approximate surface area is 184 Å². The van der Waals surface area contributed by atoms with Crippen LogP contribution in [-0.4, -0.2) is 0 Å². The second-order valence-corrected chi connectivity index (χ2v) is 7.84. The van der Waals surface area contributed by atoms with Crippen LogP contribution in [0.3, 0.4) is 0 Å². The summed E-state index contributed by atoms with van der Waals surface area (Å²) in [5, 5.41) is 0. The Balaban J connectivity index is 0.000000208. The van der Waals surface area contributed by atoms with Crippen LogP contribution in [0.2, 0.25) is 0 Å². The summed E-state index contributed by atoms with van der Waals surface area (Å²) < 4.78 is 0. The summed E-state index contributed by atoms with van der Waals surface area (Å²) in [6, 6.07) is 19.0. The molecule has 0 nitrogen and oxygen atoms in total. The van der Waals surface area contributed by atoms with Crippen LogP contribution in [0, 0.1) is 17.6 Å². The number of hydrogen-bond donors (Lipinski definition) is 0. The Kier molecular flexibility index (Phi) is 7.04. The van der Waals surface area contributed by atoms with Gasteiger partial charge in [0.25, 0.3) is 0 Å². The third-order valence-corrected chi connectivity index (χ3v) is 5.78. The van der Waals surface area contributed by atoms with Gasteiger partial charge in [0.05, 0.1) is 0 Å². The molecule has 2 aliphatic carbocycles. The van der Waals surface area contributed by atoms with Gasteiger partial charge in [-0.2, -0.15) is 11.1 Å². The maximum atomic E-state index is 3.52. The van der Waals surface area contributed by atoms with Crippen molar-refractivity contribution in [2.24, 2.45) is 5.41 Å². The predicted octanol–water partition coefficient (Wildman–Crippen LogP) is 7.15. The average Bonchev–Trinajstić information content (AvgIpc) is 3.06. The summed E-state index contributed by atoms with van der Waals surface area (Å²) >= 11 is 0. The van der Waals surface area contributed by atoms with Gasteiger partial charge in [-0.15, -0.1) is 47.9 Å². The van der Waals surface area contributed by atoms with Crippen LogP contribution in [0.1, 0.15) is 64.2 Å². The molecule has 1 atom stereocenters. The molecule has 0 N–H and O–H groups in total. The van der Waals surface area contributed by atoms with Crippen LogP contribution in [0.15, 0.2) is 71.3 Å². The van der Waals surface area contributed by atoms with Gasteiger partial charge in [0.2, 0.25) is 0 Å². The molecule has 0 aromatic heterocycles. The van der Waals surface area contributed by atoms with Crippen molar-refractivity contribution in [2.75, 3.05) is 0 Å². The molecule has 0 radical (unpaired) electrons. The van der Waals surface area contributed by atoms with Crippen molar-refractivity contribution in [3.8, 4) is 0 Å². The molecular weight excluding hydrogens is 404 g/mol. The van der Waals surface area contributed by atoms with Crippen LogP contribution in [0.5, 0.6) is 0 Å². The Morgan fingerprint density at radius 2 is 1.44 bits per heavy atom. The van der Waals surface area contributed by atoms with Crippen LogP contribution < -0.4 is 0 Å². The molecular formula is C26H28Zr. The minimum atomic E-state index is 0. The van der Waals surface area contributed by atoms with E-state index in [1.165, 1.54) is 39.0 Å². The summed E-state index contributed by atoms with van der Waals surface area (Å²) in [5.74, 6) is 0.457. The minimum absolute atomic E-state index is 0. The van der Waals surface area contributed by atoms with Gasteiger partial charge in [-0.3, -0.25) is 6.08 Å². The van der Waals surface area contributed by atoms with E-state index in [0.29, 0.717) is 5.92 Å². The van der Waals surface area contributed by atoms with Gasteiger partial charge in [-0.1, -0.05) is 82.0 Å². The third kappa shape index (κ3) is 4.52. The van der Waals surface area contributed by atoms with E-state index < -0.39 is 0 Å². The fraction of sp³-hybridized carbons (Fsp3) is 0.308. The largest absolute Gasteiger partial charge is 2.00 e. The molecule has 0 heterocycles. The third-order valence-electron chi connectivity index (χ3n) is 5.78. The van der Waals surface area contributed by atoms with E-state index in [9.17, 15) is 0 Å². The van der Waals surface area contributed by atoms with E-state index in [1.54, 1.807) is 0 Å². The zero-order chi connectivity index (χ0) is 18.9. The normalized spacial score (nSPS) is 19.4. The quantitative estimate of drug-likeness (QED) is 0.421. The van der Waals surface area contributed by atoms with Crippen molar-refractivity contribution in [1.82, 2.24) is 0 Å². The smallest absolute Gasteiger partial charge is 0.263 e. The van der Waals surface area contributed by atoms with Crippen molar-refractivity contribution in [2.45, 2.75) is 47.5 Å². The monoisotopic (exact) mass is 430 g/mol. The predicted molar refractivity (Wildman–Crippen MR) is 112 cm³/mol. The van der Waals surface area contributed by atoms with Gasteiger partial charge in [0.1, 0.15) is 0 Å². The topological polar surface area (TPSA) is 0 Å². The summed E-state index contributed by atoms with van der Waals surface area (Å²) in [6.45, 7) is 13.2. The number of rotatable bonds is 1. The number of hydrogen-bond acceptors (Lipinski definition) is 0. The summed E-state index contributed by atoms with van der Waals surface area (Å²) in [6.07, 6.45) is 6.95. The van der Waals surface area contributed by atoms with Crippen LogP contribution in [0.4, 0.5) is 0 Å². The van der Waals surface area contributed by atoms with Crippen molar-refractivity contribution in [1.29, 1.82) is 0 Å². The molecule has 136 valence electrons.